The number of amides is 2. The lowest BCUT2D eigenvalue weighted by atomic mass is 9.74. The summed E-state index contributed by atoms with van der Waals surface area (Å²) in [6, 6.07) is 10.8. The van der Waals surface area contributed by atoms with Crippen LogP contribution in [0, 0.1) is 5.92 Å². The third-order valence-electron chi connectivity index (χ3n) is 6.31. The van der Waals surface area contributed by atoms with Gasteiger partial charge in [-0.25, -0.2) is 0 Å². The number of carbonyl (C=O) groups is 2. The van der Waals surface area contributed by atoms with Gasteiger partial charge in [0.25, 0.3) is 0 Å². The van der Waals surface area contributed by atoms with Crippen molar-refractivity contribution in [1.29, 1.82) is 0 Å². The summed E-state index contributed by atoms with van der Waals surface area (Å²) in [7, 11) is 0. The highest BCUT2D eigenvalue weighted by molar-refractivity contribution is 5.91. The van der Waals surface area contributed by atoms with Crippen LogP contribution in [-0.4, -0.2) is 45.7 Å². The number of β-amino-alcohol motifs (C(OH)–C–C–N with tert-alkyl or cyclic N) is 1. The molecule has 0 radical (unpaired) electrons. The fourth-order valence-corrected chi connectivity index (χ4v) is 4.36. The maximum absolute atomic E-state index is 13.6. The molecular weight excluding hydrogens is 382 g/mol. The van der Waals surface area contributed by atoms with E-state index in [1.54, 1.807) is 4.90 Å². The molecule has 1 aliphatic carbocycles. The average molecular weight is 412 g/mol. The zero-order chi connectivity index (χ0) is 21.1. The molecule has 3 unspecified atom stereocenters. The van der Waals surface area contributed by atoms with Gasteiger partial charge in [-0.1, -0.05) is 48.8 Å². The molecule has 1 aromatic carbocycles. The predicted molar refractivity (Wildman–Crippen MR) is 110 cm³/mol. The number of carbonyl (C=O) groups excluding carboxylic acids is 2. The van der Waals surface area contributed by atoms with Crippen LogP contribution in [0.4, 0.5) is 0 Å². The molecule has 160 valence electrons. The average Bonchev–Trinajstić information content (AvgIpc) is 3.35. The zero-order valence-corrected chi connectivity index (χ0v) is 17.3. The second-order valence-corrected chi connectivity index (χ2v) is 8.34. The monoisotopic (exact) mass is 411 g/mol. The molecule has 0 spiro atoms. The van der Waals surface area contributed by atoms with E-state index in [0.717, 1.165) is 36.9 Å². The molecule has 0 bridgehead atoms. The van der Waals surface area contributed by atoms with E-state index in [-0.39, 0.29) is 30.7 Å². The highest BCUT2D eigenvalue weighted by atomic mass is 16.5. The maximum Gasteiger partial charge on any atom is 0.243 e. The second kappa shape index (κ2) is 9.00. The number of hydrogen-bond acceptors (Lipinski definition) is 5. The largest absolute Gasteiger partial charge is 0.391 e. The number of rotatable bonds is 7. The van der Waals surface area contributed by atoms with Gasteiger partial charge in [0.05, 0.1) is 11.8 Å². The Balaban J connectivity index is 1.50. The summed E-state index contributed by atoms with van der Waals surface area (Å²) in [4.78, 5) is 28.0. The number of aliphatic hydroxyl groups excluding tert-OH is 1. The molecular formula is C23H29N3O4. The van der Waals surface area contributed by atoms with Gasteiger partial charge >= 0.3 is 0 Å². The zero-order valence-electron chi connectivity index (χ0n) is 17.3. The van der Waals surface area contributed by atoms with Crippen LogP contribution in [0.3, 0.4) is 0 Å². The van der Waals surface area contributed by atoms with E-state index in [4.69, 9.17) is 4.52 Å². The van der Waals surface area contributed by atoms with Gasteiger partial charge in [-0.3, -0.25) is 9.59 Å². The van der Waals surface area contributed by atoms with Crippen LogP contribution in [-0.2, 0) is 22.6 Å². The summed E-state index contributed by atoms with van der Waals surface area (Å²) in [5.74, 6) is -0.0496. The van der Waals surface area contributed by atoms with Gasteiger partial charge in [-0.05, 0) is 30.7 Å². The number of hydrogen-bond donors (Lipinski definition) is 2. The molecule has 2 amide bonds. The molecule has 2 fully saturated rings. The Morgan fingerprint density at radius 3 is 2.70 bits per heavy atom. The van der Waals surface area contributed by atoms with Crippen LogP contribution in [0.25, 0.3) is 0 Å². The minimum Gasteiger partial charge on any atom is -0.391 e. The molecule has 30 heavy (non-hydrogen) atoms. The molecule has 3 atom stereocenters. The second-order valence-electron chi connectivity index (χ2n) is 8.34. The van der Waals surface area contributed by atoms with Gasteiger partial charge in [0.1, 0.15) is 17.7 Å². The van der Waals surface area contributed by atoms with Gasteiger partial charge in [0, 0.05) is 25.6 Å². The van der Waals surface area contributed by atoms with Crippen molar-refractivity contribution in [3.05, 3.63) is 53.4 Å². The van der Waals surface area contributed by atoms with E-state index in [1.165, 1.54) is 0 Å². The summed E-state index contributed by atoms with van der Waals surface area (Å²) in [5, 5.41) is 17.2. The van der Waals surface area contributed by atoms with E-state index >= 15 is 0 Å². The summed E-state index contributed by atoms with van der Waals surface area (Å²) in [6.45, 7) is 2.55. The normalized spacial score (nSPS) is 22.5. The first-order valence-corrected chi connectivity index (χ1v) is 10.8. The lowest BCUT2D eigenvalue weighted by molar-refractivity contribution is -0.141. The van der Waals surface area contributed by atoms with Crippen LogP contribution in [0.1, 0.15) is 55.5 Å². The third kappa shape index (κ3) is 4.26. The summed E-state index contributed by atoms with van der Waals surface area (Å²) < 4.78 is 5.52. The van der Waals surface area contributed by atoms with Gasteiger partial charge in [-0.15, -0.1) is 0 Å². The molecule has 1 aromatic heterocycles. The van der Waals surface area contributed by atoms with Crippen molar-refractivity contribution >= 4 is 11.8 Å². The van der Waals surface area contributed by atoms with E-state index in [2.05, 4.69) is 10.5 Å². The van der Waals surface area contributed by atoms with Crippen molar-refractivity contribution in [2.24, 2.45) is 5.92 Å². The van der Waals surface area contributed by atoms with Crippen LogP contribution in [0.2, 0.25) is 0 Å². The quantitative estimate of drug-likeness (QED) is 0.729. The van der Waals surface area contributed by atoms with Crippen LogP contribution >= 0.6 is 0 Å². The number of aromatic nitrogens is 1. The Morgan fingerprint density at radius 1 is 1.30 bits per heavy atom. The van der Waals surface area contributed by atoms with Crippen LogP contribution < -0.4 is 5.32 Å². The first kappa shape index (κ1) is 20.6. The topological polar surface area (TPSA) is 95.7 Å². The fraction of sp³-hybridized carbons (Fsp3) is 0.522. The smallest absolute Gasteiger partial charge is 0.243 e. The van der Waals surface area contributed by atoms with Gasteiger partial charge in [0.15, 0.2) is 0 Å². The maximum atomic E-state index is 13.6. The highest BCUT2D eigenvalue weighted by Gasteiger charge is 2.45. The Labute approximate surface area is 176 Å². The van der Waals surface area contributed by atoms with E-state index in [0.29, 0.717) is 12.3 Å². The standard InChI is InChI=1S/C23H29N3O4/c1-2-17-11-20(30-25-17)21(16-9-6-10-16)23(29)26-14-18(27)12-19(26)22(28)24-13-15-7-4-3-5-8-15/h3-5,7-8,11,16,18-19,21,27H,2,6,9-10,12-14H2,1H3,(H,24,28). The van der Waals surface area contributed by atoms with Gasteiger partial charge in [0.2, 0.25) is 11.8 Å². The number of nitrogens with one attached hydrogen (secondary N) is 1. The Morgan fingerprint density at radius 2 is 2.07 bits per heavy atom. The summed E-state index contributed by atoms with van der Waals surface area (Å²) in [5.41, 5.74) is 1.81. The predicted octanol–water partition coefficient (Wildman–Crippen LogP) is 2.40. The van der Waals surface area contributed by atoms with Gasteiger partial charge < -0.3 is 19.8 Å². The van der Waals surface area contributed by atoms with E-state index < -0.39 is 18.1 Å². The van der Waals surface area contributed by atoms with Crippen molar-refractivity contribution in [3.63, 3.8) is 0 Å². The molecule has 2 N–H and O–H groups in total. The minimum atomic E-state index is -0.704. The van der Waals surface area contributed by atoms with Crippen molar-refractivity contribution in [1.82, 2.24) is 15.4 Å². The Bertz CT molecular complexity index is 878. The third-order valence-corrected chi connectivity index (χ3v) is 6.31. The van der Waals surface area contributed by atoms with E-state index in [9.17, 15) is 14.7 Å². The van der Waals surface area contributed by atoms with Crippen molar-refractivity contribution in [2.75, 3.05) is 6.54 Å². The fourth-order valence-electron chi connectivity index (χ4n) is 4.36. The van der Waals surface area contributed by atoms with Crippen molar-refractivity contribution in [3.8, 4) is 0 Å². The number of nitrogens with zero attached hydrogens (tertiary/aromatic N) is 2. The summed E-state index contributed by atoms with van der Waals surface area (Å²) in [6.07, 6.45) is 3.29. The number of likely N-dealkylation sites (tertiary alicyclic amines) is 1. The number of aliphatic hydroxyl groups is 1. The molecule has 2 aliphatic rings. The first-order chi connectivity index (χ1) is 14.6. The SMILES string of the molecule is CCc1cc(C(C(=O)N2CC(O)CC2C(=O)NCc2ccccc2)C2CCC2)on1. The molecule has 1 saturated carbocycles. The number of benzene rings is 1. The van der Waals surface area contributed by atoms with E-state index in [1.807, 2.05) is 43.3 Å². The molecule has 7 heteroatoms. The van der Waals surface area contributed by atoms with Crippen LogP contribution in [0.5, 0.6) is 0 Å². The summed E-state index contributed by atoms with van der Waals surface area (Å²) >= 11 is 0. The van der Waals surface area contributed by atoms with Crippen LogP contribution in [0.15, 0.2) is 40.9 Å². The molecule has 1 saturated heterocycles. The number of aryl methyl sites for hydroxylation is 1. The van der Waals surface area contributed by atoms with Crippen molar-refractivity contribution < 1.29 is 19.2 Å². The molecule has 4 rings (SSSR count). The Hall–Kier alpha value is -2.67. The van der Waals surface area contributed by atoms with Gasteiger partial charge in [-0.2, -0.15) is 0 Å². The Kier molecular flexibility index (Phi) is 6.18. The minimum absolute atomic E-state index is 0.144. The molecule has 2 aromatic rings. The van der Waals surface area contributed by atoms with Crippen molar-refractivity contribution in [2.45, 2.75) is 63.6 Å². The molecule has 1 aliphatic heterocycles. The molecule has 2 heterocycles. The first-order valence-electron chi connectivity index (χ1n) is 10.8. The lowest BCUT2D eigenvalue weighted by Gasteiger charge is -2.35. The highest BCUT2D eigenvalue weighted by Crippen LogP contribution is 2.41. The molecule has 7 nitrogen and oxygen atoms in total. The lowest BCUT2D eigenvalue weighted by Crippen LogP contribution is -2.48.